The minimum atomic E-state index is -0.0974. The molecule has 0 saturated carbocycles. The van der Waals surface area contributed by atoms with Crippen LogP contribution in [0.25, 0.3) is 0 Å². The first-order valence-corrected chi connectivity index (χ1v) is 12.7. The van der Waals surface area contributed by atoms with E-state index in [9.17, 15) is 4.79 Å². The minimum absolute atomic E-state index is 0.0974. The fourth-order valence-electron chi connectivity index (χ4n) is 4.39. The van der Waals surface area contributed by atoms with Crippen molar-refractivity contribution in [1.82, 2.24) is 9.97 Å². The molecule has 0 bridgehead atoms. The Morgan fingerprint density at radius 3 is 2.59 bits per heavy atom. The lowest BCUT2D eigenvalue weighted by atomic mass is 9.90. The van der Waals surface area contributed by atoms with Crippen LogP contribution in [0.2, 0.25) is 0 Å². The monoisotopic (exact) mass is 476 g/mol. The fourth-order valence-corrected chi connectivity index (χ4v) is 5.17. The Balaban J connectivity index is 1.15. The molecule has 1 fully saturated rings. The summed E-state index contributed by atoms with van der Waals surface area (Å²) >= 11 is 1.42. The van der Waals surface area contributed by atoms with Gasteiger partial charge in [-0.2, -0.15) is 0 Å². The Morgan fingerprint density at radius 1 is 1.00 bits per heavy atom. The lowest BCUT2D eigenvalue weighted by molar-refractivity contribution is -0.113. The maximum absolute atomic E-state index is 12.6. The molecular weight excluding hydrogens is 448 g/mol. The van der Waals surface area contributed by atoms with E-state index in [4.69, 9.17) is 9.47 Å². The number of carbonyl (C=O) groups is 1. The third-order valence-electron chi connectivity index (χ3n) is 6.09. The van der Waals surface area contributed by atoms with Gasteiger partial charge in [0.1, 0.15) is 18.2 Å². The maximum Gasteiger partial charge on any atom is 0.234 e. The molecule has 0 unspecified atom stereocenters. The van der Waals surface area contributed by atoms with Gasteiger partial charge in [0.25, 0.3) is 0 Å². The zero-order chi connectivity index (χ0) is 23.2. The van der Waals surface area contributed by atoms with Crippen molar-refractivity contribution in [2.45, 2.75) is 24.3 Å². The molecule has 2 aliphatic rings. The highest BCUT2D eigenvalue weighted by Gasteiger charge is 2.23. The van der Waals surface area contributed by atoms with Crippen LogP contribution in [0.1, 0.15) is 18.4 Å². The van der Waals surface area contributed by atoms with Gasteiger partial charge in [-0.1, -0.05) is 42.1 Å². The molecule has 8 heteroatoms. The number of hydrogen-bond acceptors (Lipinski definition) is 7. The van der Waals surface area contributed by atoms with Crippen molar-refractivity contribution in [3.8, 4) is 11.5 Å². The Hall–Kier alpha value is -3.26. The van der Waals surface area contributed by atoms with Crippen molar-refractivity contribution < 1.29 is 14.3 Å². The molecule has 176 valence electrons. The molecule has 0 spiro atoms. The summed E-state index contributed by atoms with van der Waals surface area (Å²) in [5, 5.41) is 3.73. The van der Waals surface area contributed by atoms with E-state index < -0.39 is 0 Å². The third kappa shape index (κ3) is 5.62. The van der Waals surface area contributed by atoms with Gasteiger partial charge in [0.05, 0.1) is 5.75 Å². The summed E-state index contributed by atoms with van der Waals surface area (Å²) in [6.07, 6.45) is 6.79. The normalized spacial score (nSPS) is 15.7. The molecule has 3 aromatic rings. The van der Waals surface area contributed by atoms with Crippen LogP contribution in [0.15, 0.2) is 66.0 Å². The number of nitrogens with zero attached hydrogens (tertiary/aromatic N) is 3. The van der Waals surface area contributed by atoms with Gasteiger partial charge in [0.15, 0.2) is 17.3 Å². The molecule has 1 aromatic heterocycles. The largest absolute Gasteiger partial charge is 0.486 e. The molecule has 1 amide bonds. The lowest BCUT2D eigenvalue weighted by Crippen LogP contribution is -2.35. The average Bonchev–Trinajstić information content (AvgIpc) is 2.89. The summed E-state index contributed by atoms with van der Waals surface area (Å²) in [5.74, 6) is 3.07. The molecule has 2 aliphatic heterocycles. The van der Waals surface area contributed by atoms with Crippen LogP contribution < -0.4 is 19.7 Å². The molecular formula is C26H28N4O3S. The summed E-state index contributed by atoms with van der Waals surface area (Å²) < 4.78 is 11.1. The number of anilines is 2. The van der Waals surface area contributed by atoms with Crippen molar-refractivity contribution in [2.24, 2.45) is 5.92 Å². The second kappa shape index (κ2) is 10.8. The van der Waals surface area contributed by atoms with Crippen molar-refractivity contribution in [1.29, 1.82) is 0 Å². The zero-order valence-corrected chi connectivity index (χ0v) is 19.8. The summed E-state index contributed by atoms with van der Waals surface area (Å²) in [5.41, 5.74) is 2.09. The second-order valence-corrected chi connectivity index (χ2v) is 9.46. The van der Waals surface area contributed by atoms with E-state index in [1.54, 1.807) is 18.5 Å². The van der Waals surface area contributed by atoms with Crippen molar-refractivity contribution >= 4 is 29.2 Å². The van der Waals surface area contributed by atoms with Gasteiger partial charge >= 0.3 is 0 Å². The number of rotatable bonds is 7. The Labute approximate surface area is 203 Å². The van der Waals surface area contributed by atoms with E-state index in [-0.39, 0.29) is 11.7 Å². The Kier molecular flexibility index (Phi) is 7.14. The number of ether oxygens (including phenoxy) is 2. The number of amides is 1. The van der Waals surface area contributed by atoms with Crippen LogP contribution >= 0.6 is 11.8 Å². The number of aromatic nitrogens is 2. The van der Waals surface area contributed by atoms with Crippen LogP contribution in [0, 0.1) is 5.92 Å². The highest BCUT2D eigenvalue weighted by atomic mass is 32.2. The number of thioether (sulfide) groups is 1. The minimum Gasteiger partial charge on any atom is -0.486 e. The highest BCUT2D eigenvalue weighted by molar-refractivity contribution is 8.00. The second-order valence-electron chi connectivity index (χ2n) is 8.50. The van der Waals surface area contributed by atoms with Gasteiger partial charge < -0.3 is 19.7 Å². The van der Waals surface area contributed by atoms with Crippen molar-refractivity contribution in [3.05, 3.63) is 66.5 Å². The molecule has 3 heterocycles. The summed E-state index contributed by atoms with van der Waals surface area (Å²) in [6.45, 7) is 2.96. The maximum atomic E-state index is 12.6. The number of nitrogens with one attached hydrogen (secondary N) is 1. The molecule has 0 atom stereocenters. The van der Waals surface area contributed by atoms with E-state index in [2.05, 4.69) is 50.5 Å². The van der Waals surface area contributed by atoms with E-state index >= 15 is 0 Å². The molecule has 1 N–H and O–H groups in total. The zero-order valence-electron chi connectivity index (χ0n) is 19.0. The lowest BCUT2D eigenvalue weighted by Gasteiger charge is -2.33. The van der Waals surface area contributed by atoms with E-state index in [1.165, 1.54) is 17.3 Å². The summed E-state index contributed by atoms with van der Waals surface area (Å²) in [6, 6.07) is 16.1. The quantitative estimate of drug-likeness (QED) is 0.505. The molecule has 7 nitrogen and oxygen atoms in total. The number of carbonyl (C=O) groups excluding carboxylic acids is 1. The van der Waals surface area contributed by atoms with Crippen molar-refractivity contribution in [2.75, 3.05) is 42.3 Å². The summed E-state index contributed by atoms with van der Waals surface area (Å²) in [7, 11) is 0. The van der Waals surface area contributed by atoms with Crippen LogP contribution in [0.3, 0.4) is 0 Å². The van der Waals surface area contributed by atoms with Gasteiger partial charge in [-0.3, -0.25) is 4.79 Å². The number of piperidine rings is 1. The first kappa shape index (κ1) is 22.5. The number of fused-ring (bicyclic) bond motifs is 1. The molecule has 5 rings (SSSR count). The van der Waals surface area contributed by atoms with Crippen LogP contribution in [0.5, 0.6) is 11.5 Å². The van der Waals surface area contributed by atoms with E-state index in [1.807, 2.05) is 12.1 Å². The fraction of sp³-hybridized carbons (Fsp3) is 0.346. The highest BCUT2D eigenvalue weighted by Crippen LogP contribution is 2.33. The van der Waals surface area contributed by atoms with Crippen LogP contribution in [-0.4, -0.2) is 47.9 Å². The average molecular weight is 477 g/mol. The van der Waals surface area contributed by atoms with E-state index in [0.717, 1.165) is 43.2 Å². The molecule has 0 radical (unpaired) electrons. The molecule has 2 aromatic carbocycles. The van der Waals surface area contributed by atoms with Crippen molar-refractivity contribution in [3.63, 3.8) is 0 Å². The van der Waals surface area contributed by atoms with Gasteiger partial charge in [0, 0.05) is 37.2 Å². The van der Waals surface area contributed by atoms with Crippen LogP contribution in [0.4, 0.5) is 11.5 Å². The third-order valence-corrected chi connectivity index (χ3v) is 7.06. The predicted octanol–water partition coefficient (Wildman–Crippen LogP) is 4.44. The molecule has 34 heavy (non-hydrogen) atoms. The Morgan fingerprint density at radius 2 is 1.76 bits per heavy atom. The number of hydrogen-bond donors (Lipinski definition) is 1. The predicted molar refractivity (Wildman–Crippen MR) is 134 cm³/mol. The Bertz CT molecular complexity index is 1120. The summed E-state index contributed by atoms with van der Waals surface area (Å²) in [4.78, 5) is 24.0. The van der Waals surface area contributed by atoms with Gasteiger partial charge in [-0.15, -0.1) is 0 Å². The number of benzene rings is 2. The SMILES string of the molecule is O=C(CSc1nccnc1N1CCC(Cc2ccccc2)CC1)Nc1ccc2c(c1)OCCO2. The van der Waals surface area contributed by atoms with Gasteiger partial charge in [-0.25, -0.2) is 9.97 Å². The first-order chi connectivity index (χ1) is 16.7. The van der Waals surface area contributed by atoms with Gasteiger partial charge in [0.2, 0.25) is 5.91 Å². The standard InChI is InChI=1S/C26H28N4O3S/c31-24(29-21-6-7-22-23(17-21)33-15-14-32-22)18-34-26-25(27-10-11-28-26)30-12-8-20(9-13-30)16-19-4-2-1-3-5-19/h1-7,10-11,17,20H,8-9,12-16,18H2,(H,29,31). The smallest absolute Gasteiger partial charge is 0.234 e. The molecule has 1 saturated heterocycles. The first-order valence-electron chi connectivity index (χ1n) is 11.7. The van der Waals surface area contributed by atoms with Gasteiger partial charge in [-0.05, 0) is 42.9 Å². The molecule has 0 aliphatic carbocycles. The van der Waals surface area contributed by atoms with Crippen LogP contribution in [-0.2, 0) is 11.2 Å². The van der Waals surface area contributed by atoms with E-state index in [0.29, 0.717) is 36.3 Å². The topological polar surface area (TPSA) is 76.6 Å².